The van der Waals surface area contributed by atoms with E-state index in [0.29, 0.717) is 31.2 Å². The number of hydrogen-bond donors (Lipinski definition) is 0. The average molecular weight is 344 g/mol. The highest BCUT2D eigenvalue weighted by atomic mass is 16.5. The van der Waals surface area contributed by atoms with Crippen molar-refractivity contribution in [2.45, 2.75) is 46.1 Å². The van der Waals surface area contributed by atoms with Gasteiger partial charge in [0.15, 0.2) is 6.39 Å². The van der Waals surface area contributed by atoms with Gasteiger partial charge in [-0.05, 0) is 33.6 Å². The van der Waals surface area contributed by atoms with Gasteiger partial charge in [0.2, 0.25) is 5.76 Å². The van der Waals surface area contributed by atoms with E-state index >= 15 is 0 Å². The number of aromatic nitrogens is 3. The summed E-state index contributed by atoms with van der Waals surface area (Å²) in [7, 11) is 0. The van der Waals surface area contributed by atoms with Crippen molar-refractivity contribution in [2.24, 2.45) is 0 Å². The molecule has 25 heavy (non-hydrogen) atoms. The third-order valence-corrected chi connectivity index (χ3v) is 4.52. The molecule has 1 fully saturated rings. The number of piperidine rings is 1. The van der Waals surface area contributed by atoms with Gasteiger partial charge in [0.25, 0.3) is 5.91 Å². The van der Waals surface area contributed by atoms with Crippen LogP contribution in [0.4, 0.5) is 0 Å². The Morgan fingerprint density at radius 1 is 1.40 bits per heavy atom. The first-order chi connectivity index (χ1) is 12.1. The zero-order chi connectivity index (χ0) is 17.8. The smallest absolute Gasteiger partial charge is 0.291 e. The third-order valence-electron chi connectivity index (χ3n) is 4.52. The summed E-state index contributed by atoms with van der Waals surface area (Å²) in [6.45, 7) is 8.12. The molecule has 0 saturated carbocycles. The van der Waals surface area contributed by atoms with E-state index in [4.69, 9.17) is 9.15 Å². The van der Waals surface area contributed by atoms with Gasteiger partial charge in [0.1, 0.15) is 5.82 Å². The molecule has 2 aromatic heterocycles. The second kappa shape index (κ2) is 7.74. The minimum absolute atomic E-state index is 0.100. The monoisotopic (exact) mass is 344 g/mol. The number of aryl methyl sites for hydroxylation is 2. The van der Waals surface area contributed by atoms with Crippen LogP contribution in [0, 0.1) is 13.8 Å². The third kappa shape index (κ3) is 3.87. The number of nitrogens with zero attached hydrogens (tertiary/aromatic N) is 4. The molecule has 0 radical (unpaired) electrons. The van der Waals surface area contributed by atoms with Crippen LogP contribution < -0.4 is 0 Å². The van der Waals surface area contributed by atoms with Crippen LogP contribution >= 0.6 is 0 Å². The van der Waals surface area contributed by atoms with Crippen LogP contribution in [0.5, 0.6) is 0 Å². The Balaban J connectivity index is 1.80. The molecule has 7 nitrogen and oxygen atoms in total. The number of ether oxygens (including phenoxy) is 1. The summed E-state index contributed by atoms with van der Waals surface area (Å²) < 4.78 is 10.8. The fraction of sp³-hybridized carbons (Fsp3) is 0.556. The van der Waals surface area contributed by atoms with E-state index in [1.54, 1.807) is 6.92 Å². The maximum absolute atomic E-state index is 12.7. The Hall–Kier alpha value is -2.28. The molecule has 1 aliphatic heterocycles. The second-order valence-corrected chi connectivity index (χ2v) is 6.32. The Labute approximate surface area is 147 Å². The molecular weight excluding hydrogens is 320 g/mol. The van der Waals surface area contributed by atoms with Gasteiger partial charge in [-0.1, -0.05) is 0 Å². The minimum Gasteiger partial charge on any atom is -0.438 e. The molecule has 1 saturated heterocycles. The van der Waals surface area contributed by atoms with Crippen molar-refractivity contribution in [1.82, 2.24) is 19.9 Å². The van der Waals surface area contributed by atoms with Crippen molar-refractivity contribution in [3.05, 3.63) is 41.1 Å². The van der Waals surface area contributed by atoms with Gasteiger partial charge in [-0.15, -0.1) is 0 Å². The van der Waals surface area contributed by atoms with Gasteiger partial charge >= 0.3 is 0 Å². The van der Waals surface area contributed by atoms with E-state index < -0.39 is 0 Å². The highest BCUT2D eigenvalue weighted by molar-refractivity contribution is 5.92. The van der Waals surface area contributed by atoms with Crippen LogP contribution in [0.25, 0.3) is 0 Å². The first-order valence-electron chi connectivity index (χ1n) is 8.69. The van der Waals surface area contributed by atoms with Crippen LogP contribution in [-0.2, 0) is 11.3 Å². The molecule has 7 heteroatoms. The maximum atomic E-state index is 12.7. The molecule has 0 aromatic carbocycles. The van der Waals surface area contributed by atoms with Crippen molar-refractivity contribution in [3.63, 3.8) is 0 Å². The van der Waals surface area contributed by atoms with Gasteiger partial charge < -0.3 is 14.1 Å². The van der Waals surface area contributed by atoms with Gasteiger partial charge in [-0.2, -0.15) is 0 Å². The molecule has 0 aliphatic carbocycles. The molecule has 2 aromatic rings. The number of carbonyl (C=O) groups excluding carboxylic acids is 1. The first kappa shape index (κ1) is 17.5. The molecule has 1 aliphatic rings. The van der Waals surface area contributed by atoms with Crippen molar-refractivity contribution in [2.75, 3.05) is 19.7 Å². The number of likely N-dealkylation sites (tertiary alicyclic amines) is 1. The van der Waals surface area contributed by atoms with Gasteiger partial charge in [0, 0.05) is 37.4 Å². The SMILES string of the molecule is CCOCc1cnc(C)nc1C1CCCN(C(=O)c2ocnc2C)C1. The highest BCUT2D eigenvalue weighted by Crippen LogP contribution is 2.29. The summed E-state index contributed by atoms with van der Waals surface area (Å²) in [5.74, 6) is 1.15. The van der Waals surface area contributed by atoms with E-state index in [1.807, 2.05) is 24.9 Å². The topological polar surface area (TPSA) is 81.4 Å². The number of hydrogen-bond acceptors (Lipinski definition) is 6. The Kier molecular flexibility index (Phi) is 5.43. The fourth-order valence-corrected chi connectivity index (χ4v) is 3.22. The number of amides is 1. The molecule has 1 amide bonds. The van der Waals surface area contributed by atoms with Crippen LogP contribution in [0.1, 0.15) is 59.0 Å². The maximum Gasteiger partial charge on any atom is 0.291 e. The van der Waals surface area contributed by atoms with Crippen molar-refractivity contribution < 1.29 is 13.9 Å². The van der Waals surface area contributed by atoms with Gasteiger partial charge in [-0.3, -0.25) is 4.79 Å². The number of rotatable bonds is 5. The summed E-state index contributed by atoms with van der Waals surface area (Å²) in [6, 6.07) is 0. The van der Waals surface area contributed by atoms with Crippen molar-refractivity contribution in [1.29, 1.82) is 0 Å². The standard InChI is InChI=1S/C18H24N4O3/c1-4-24-10-15-8-19-13(3)21-16(15)14-6-5-7-22(9-14)18(23)17-12(2)20-11-25-17/h8,11,14H,4-7,9-10H2,1-3H3. The summed E-state index contributed by atoms with van der Waals surface area (Å²) in [5, 5.41) is 0. The molecule has 0 spiro atoms. The summed E-state index contributed by atoms with van der Waals surface area (Å²) >= 11 is 0. The molecule has 0 bridgehead atoms. The minimum atomic E-state index is -0.100. The molecule has 1 unspecified atom stereocenters. The number of oxazole rings is 1. The molecule has 3 rings (SSSR count). The van der Waals surface area contributed by atoms with Crippen molar-refractivity contribution >= 4 is 5.91 Å². The highest BCUT2D eigenvalue weighted by Gasteiger charge is 2.30. The summed E-state index contributed by atoms with van der Waals surface area (Å²) in [5.41, 5.74) is 2.62. The van der Waals surface area contributed by atoms with Crippen LogP contribution in [-0.4, -0.2) is 45.5 Å². The van der Waals surface area contributed by atoms with E-state index in [1.165, 1.54) is 6.39 Å². The van der Waals surface area contributed by atoms with E-state index in [2.05, 4.69) is 15.0 Å². The van der Waals surface area contributed by atoms with Gasteiger partial charge in [-0.25, -0.2) is 15.0 Å². The van der Waals surface area contributed by atoms with Crippen molar-refractivity contribution in [3.8, 4) is 0 Å². The molecule has 3 heterocycles. The quantitative estimate of drug-likeness (QED) is 0.829. The van der Waals surface area contributed by atoms with E-state index in [9.17, 15) is 4.79 Å². The first-order valence-corrected chi connectivity index (χ1v) is 8.69. The predicted octanol–water partition coefficient (Wildman–Crippen LogP) is 2.64. The largest absolute Gasteiger partial charge is 0.438 e. The summed E-state index contributed by atoms with van der Waals surface area (Å²) in [4.78, 5) is 27.5. The zero-order valence-electron chi connectivity index (χ0n) is 15.0. The molecule has 1 atom stereocenters. The Morgan fingerprint density at radius 3 is 2.96 bits per heavy atom. The van der Waals surface area contributed by atoms with E-state index in [0.717, 1.165) is 36.5 Å². The number of carbonyl (C=O) groups is 1. The summed E-state index contributed by atoms with van der Waals surface area (Å²) in [6.07, 6.45) is 5.09. The molecule has 0 N–H and O–H groups in total. The predicted molar refractivity (Wildman–Crippen MR) is 91.2 cm³/mol. The Bertz CT molecular complexity index is 744. The second-order valence-electron chi connectivity index (χ2n) is 6.32. The van der Waals surface area contributed by atoms with Crippen LogP contribution in [0.2, 0.25) is 0 Å². The fourth-order valence-electron chi connectivity index (χ4n) is 3.22. The lowest BCUT2D eigenvalue weighted by molar-refractivity contribution is 0.0671. The zero-order valence-corrected chi connectivity index (χ0v) is 15.0. The van der Waals surface area contributed by atoms with E-state index in [-0.39, 0.29) is 11.8 Å². The normalized spacial score (nSPS) is 17.7. The lowest BCUT2D eigenvalue weighted by Crippen LogP contribution is -2.39. The lowest BCUT2D eigenvalue weighted by Gasteiger charge is -2.32. The molecule has 134 valence electrons. The van der Waals surface area contributed by atoms with Crippen LogP contribution in [0.3, 0.4) is 0 Å². The molecular formula is C18H24N4O3. The van der Waals surface area contributed by atoms with Gasteiger partial charge in [0.05, 0.1) is 18.0 Å². The van der Waals surface area contributed by atoms with Crippen LogP contribution in [0.15, 0.2) is 17.0 Å². The average Bonchev–Trinajstić information content (AvgIpc) is 3.06. The Morgan fingerprint density at radius 2 is 2.24 bits per heavy atom. The lowest BCUT2D eigenvalue weighted by atomic mass is 9.92.